The molecule has 0 aliphatic heterocycles. The van der Waals surface area contributed by atoms with Crippen molar-refractivity contribution in [2.24, 2.45) is 0 Å². The average molecular weight is 305 g/mol. The summed E-state index contributed by atoms with van der Waals surface area (Å²) in [5.41, 5.74) is 0.524. The van der Waals surface area contributed by atoms with Crippen molar-refractivity contribution >= 4 is 11.9 Å². The summed E-state index contributed by atoms with van der Waals surface area (Å²) in [7, 11) is 0. The third-order valence-electron chi connectivity index (χ3n) is 2.65. The highest BCUT2D eigenvalue weighted by Crippen LogP contribution is 2.21. The van der Waals surface area contributed by atoms with Gasteiger partial charge >= 0.3 is 12.1 Å². The highest BCUT2D eigenvalue weighted by atomic mass is 19.4. The highest BCUT2D eigenvalue weighted by Gasteiger charge is 2.29. The first-order valence-corrected chi connectivity index (χ1v) is 6.04. The number of halogens is 3. The molecule has 1 aromatic rings. The monoisotopic (exact) mass is 305 g/mol. The third kappa shape index (κ3) is 6.64. The molecule has 0 aliphatic carbocycles. The summed E-state index contributed by atoms with van der Waals surface area (Å²) in [4.78, 5) is 22.4. The van der Waals surface area contributed by atoms with Crippen LogP contribution in [0.1, 0.15) is 18.4 Å². The van der Waals surface area contributed by atoms with Crippen LogP contribution in [0, 0.1) is 0 Å². The number of benzene rings is 1. The van der Waals surface area contributed by atoms with Gasteiger partial charge in [-0.2, -0.15) is 13.2 Å². The van der Waals surface area contributed by atoms with Crippen LogP contribution >= 0.6 is 0 Å². The van der Waals surface area contributed by atoms with E-state index in [1.54, 1.807) is 0 Å². The number of phenols is 1. The Morgan fingerprint density at radius 2 is 1.76 bits per heavy atom. The van der Waals surface area contributed by atoms with Crippen molar-refractivity contribution in [3.8, 4) is 5.75 Å². The van der Waals surface area contributed by atoms with E-state index in [0.717, 1.165) is 0 Å². The second-order valence-corrected chi connectivity index (χ2v) is 4.44. The van der Waals surface area contributed by atoms with Gasteiger partial charge in [0, 0.05) is 12.8 Å². The van der Waals surface area contributed by atoms with E-state index in [1.165, 1.54) is 24.3 Å². The Morgan fingerprint density at radius 1 is 1.19 bits per heavy atom. The minimum atomic E-state index is -4.47. The molecule has 1 aromatic carbocycles. The highest BCUT2D eigenvalue weighted by molar-refractivity contribution is 5.83. The molecular weight excluding hydrogens is 291 g/mol. The Morgan fingerprint density at radius 3 is 2.24 bits per heavy atom. The second kappa shape index (κ2) is 6.96. The smallest absolute Gasteiger partial charge is 0.389 e. The third-order valence-corrected chi connectivity index (χ3v) is 2.65. The average Bonchev–Trinajstić information content (AvgIpc) is 2.37. The van der Waals surface area contributed by atoms with Crippen molar-refractivity contribution in [1.29, 1.82) is 0 Å². The first-order chi connectivity index (χ1) is 9.67. The van der Waals surface area contributed by atoms with Crippen LogP contribution in [-0.2, 0) is 16.0 Å². The summed E-state index contributed by atoms with van der Waals surface area (Å²) < 4.78 is 35.9. The Balaban J connectivity index is 2.59. The number of hydrogen-bond acceptors (Lipinski definition) is 3. The van der Waals surface area contributed by atoms with Crippen molar-refractivity contribution < 1.29 is 33.0 Å². The zero-order chi connectivity index (χ0) is 16.0. The zero-order valence-corrected chi connectivity index (χ0v) is 10.9. The summed E-state index contributed by atoms with van der Waals surface area (Å²) in [6.45, 7) is 0. The molecule has 0 spiro atoms. The van der Waals surface area contributed by atoms with Crippen molar-refractivity contribution in [2.45, 2.75) is 31.5 Å². The van der Waals surface area contributed by atoms with Crippen LogP contribution in [0.2, 0.25) is 0 Å². The molecule has 21 heavy (non-hydrogen) atoms. The van der Waals surface area contributed by atoms with Crippen molar-refractivity contribution in [2.75, 3.05) is 0 Å². The van der Waals surface area contributed by atoms with Gasteiger partial charge in [-0.15, -0.1) is 0 Å². The van der Waals surface area contributed by atoms with Crippen molar-refractivity contribution in [1.82, 2.24) is 5.32 Å². The van der Waals surface area contributed by atoms with E-state index in [1.807, 2.05) is 0 Å². The molecule has 1 unspecified atom stereocenters. The van der Waals surface area contributed by atoms with E-state index in [0.29, 0.717) is 5.56 Å². The maximum atomic E-state index is 12.0. The van der Waals surface area contributed by atoms with Crippen molar-refractivity contribution in [3.63, 3.8) is 0 Å². The molecule has 0 bridgehead atoms. The van der Waals surface area contributed by atoms with Crippen LogP contribution in [0.15, 0.2) is 24.3 Å². The largest absolute Gasteiger partial charge is 0.508 e. The molecule has 0 fully saturated rings. The van der Waals surface area contributed by atoms with Crippen LogP contribution in [0.4, 0.5) is 13.2 Å². The van der Waals surface area contributed by atoms with E-state index >= 15 is 0 Å². The lowest BCUT2D eigenvalue weighted by molar-refractivity contribution is -0.146. The first kappa shape index (κ1) is 16.8. The van der Waals surface area contributed by atoms with Crippen LogP contribution in [0.3, 0.4) is 0 Å². The minimum Gasteiger partial charge on any atom is -0.508 e. The number of nitrogens with one attached hydrogen (secondary N) is 1. The zero-order valence-electron chi connectivity index (χ0n) is 10.9. The minimum absolute atomic E-state index is 0.000150. The molecule has 0 aliphatic rings. The molecule has 0 heterocycles. The van der Waals surface area contributed by atoms with Gasteiger partial charge in [0.15, 0.2) is 0 Å². The molecule has 116 valence electrons. The molecule has 0 aromatic heterocycles. The number of phenolic OH excluding ortho intramolecular Hbond substituents is 1. The Kier molecular flexibility index (Phi) is 5.57. The predicted molar refractivity (Wildman–Crippen MR) is 66.7 cm³/mol. The van der Waals surface area contributed by atoms with Gasteiger partial charge in [0.2, 0.25) is 5.91 Å². The molecular formula is C13H14F3NO4. The van der Waals surface area contributed by atoms with Gasteiger partial charge in [-0.05, 0) is 17.7 Å². The SMILES string of the molecule is O=C(CCC(F)(F)F)NC(Cc1ccc(O)cc1)C(=O)O. The Bertz CT molecular complexity index is 499. The Labute approximate surface area is 118 Å². The maximum absolute atomic E-state index is 12.0. The van der Waals surface area contributed by atoms with E-state index < -0.39 is 36.9 Å². The molecule has 1 rings (SSSR count). The number of carboxylic acid groups (broad SMARTS) is 1. The topological polar surface area (TPSA) is 86.6 Å². The fourth-order valence-electron chi connectivity index (χ4n) is 1.59. The molecule has 1 atom stereocenters. The van der Waals surface area contributed by atoms with E-state index in [-0.39, 0.29) is 12.2 Å². The standard InChI is InChI=1S/C13H14F3NO4/c14-13(15,16)6-5-11(19)17-10(12(20)21)7-8-1-3-9(18)4-2-8/h1-4,10,18H,5-7H2,(H,17,19)(H,20,21). The van der Waals surface area contributed by atoms with Crippen LogP contribution in [0.5, 0.6) is 5.75 Å². The van der Waals surface area contributed by atoms with Gasteiger partial charge in [-0.1, -0.05) is 12.1 Å². The normalized spacial score (nSPS) is 12.7. The first-order valence-electron chi connectivity index (χ1n) is 6.04. The lowest BCUT2D eigenvalue weighted by Crippen LogP contribution is -2.42. The van der Waals surface area contributed by atoms with Crippen LogP contribution in [0.25, 0.3) is 0 Å². The second-order valence-electron chi connectivity index (χ2n) is 4.44. The number of aliphatic carboxylic acids is 1. The molecule has 5 nitrogen and oxygen atoms in total. The van der Waals surface area contributed by atoms with E-state index in [2.05, 4.69) is 5.32 Å². The summed E-state index contributed by atoms with van der Waals surface area (Å²) >= 11 is 0. The van der Waals surface area contributed by atoms with E-state index in [9.17, 15) is 22.8 Å². The number of carboxylic acids is 1. The lowest BCUT2D eigenvalue weighted by atomic mass is 10.1. The number of amides is 1. The van der Waals surface area contributed by atoms with E-state index in [4.69, 9.17) is 10.2 Å². The summed E-state index contributed by atoms with van der Waals surface area (Å²) in [6.07, 6.45) is -6.67. The van der Waals surface area contributed by atoms with Gasteiger partial charge in [-0.3, -0.25) is 4.79 Å². The van der Waals surface area contributed by atoms with Crippen LogP contribution in [-0.4, -0.2) is 34.3 Å². The lowest BCUT2D eigenvalue weighted by Gasteiger charge is -2.15. The maximum Gasteiger partial charge on any atom is 0.389 e. The number of carbonyl (C=O) groups is 2. The quantitative estimate of drug-likeness (QED) is 0.748. The summed E-state index contributed by atoms with van der Waals surface area (Å²) in [5.74, 6) is -2.32. The Hall–Kier alpha value is -2.25. The molecule has 8 heteroatoms. The summed E-state index contributed by atoms with van der Waals surface area (Å²) in [6, 6.07) is 4.30. The van der Waals surface area contributed by atoms with Gasteiger partial charge in [-0.25, -0.2) is 4.79 Å². The molecule has 0 radical (unpaired) electrons. The fourth-order valence-corrected chi connectivity index (χ4v) is 1.59. The molecule has 0 saturated carbocycles. The fraction of sp³-hybridized carbons (Fsp3) is 0.385. The van der Waals surface area contributed by atoms with Crippen LogP contribution < -0.4 is 5.32 Å². The predicted octanol–water partition coefficient (Wildman–Crippen LogP) is 1.85. The van der Waals surface area contributed by atoms with Gasteiger partial charge in [0.1, 0.15) is 11.8 Å². The van der Waals surface area contributed by atoms with Gasteiger partial charge in [0.05, 0.1) is 6.42 Å². The van der Waals surface area contributed by atoms with Crippen molar-refractivity contribution in [3.05, 3.63) is 29.8 Å². The van der Waals surface area contributed by atoms with Gasteiger partial charge in [0.25, 0.3) is 0 Å². The number of rotatable bonds is 6. The summed E-state index contributed by atoms with van der Waals surface area (Å²) in [5, 5.41) is 20.1. The number of carbonyl (C=O) groups excluding carboxylic acids is 1. The molecule has 0 saturated heterocycles. The number of alkyl halides is 3. The number of hydrogen-bond donors (Lipinski definition) is 3. The molecule has 3 N–H and O–H groups in total. The number of aromatic hydroxyl groups is 1. The van der Waals surface area contributed by atoms with Gasteiger partial charge < -0.3 is 15.5 Å². The molecule has 1 amide bonds.